The fraction of sp³-hybridized carbons (Fsp3) is 0.333. The molecule has 7 nitrogen and oxygen atoms in total. The van der Waals surface area contributed by atoms with Crippen molar-refractivity contribution in [2.45, 2.75) is 32.2 Å². The Balaban J connectivity index is 1.23. The Morgan fingerprint density at radius 3 is 2.68 bits per heavy atom. The van der Waals surface area contributed by atoms with Crippen molar-refractivity contribution in [1.29, 1.82) is 0 Å². The summed E-state index contributed by atoms with van der Waals surface area (Å²) in [6, 6.07) is 13.7. The number of pyridine rings is 1. The summed E-state index contributed by atoms with van der Waals surface area (Å²) in [7, 11) is 0. The summed E-state index contributed by atoms with van der Waals surface area (Å²) in [4.78, 5) is 23.3. The van der Waals surface area contributed by atoms with E-state index >= 15 is 0 Å². The third-order valence-corrected chi connectivity index (χ3v) is 4.79. The normalized spacial score (nSPS) is 13.6. The van der Waals surface area contributed by atoms with Gasteiger partial charge in [0.2, 0.25) is 17.6 Å². The number of amides is 1. The molecule has 0 saturated carbocycles. The second kappa shape index (κ2) is 8.65. The maximum absolute atomic E-state index is 12.1. The summed E-state index contributed by atoms with van der Waals surface area (Å²) in [6.45, 7) is 2.61. The number of carbonyl (C=O) groups excluding carboxylic acids is 1. The highest BCUT2D eigenvalue weighted by Gasteiger charge is 2.13. The zero-order chi connectivity index (χ0) is 19.2. The van der Waals surface area contributed by atoms with E-state index in [0.717, 1.165) is 30.0 Å². The van der Waals surface area contributed by atoms with Gasteiger partial charge in [0.1, 0.15) is 5.82 Å². The number of hydrogen-bond donors (Lipinski definition) is 1. The molecule has 0 radical (unpaired) electrons. The molecule has 0 unspecified atom stereocenters. The van der Waals surface area contributed by atoms with E-state index in [-0.39, 0.29) is 5.91 Å². The molecule has 1 aliphatic rings. The molecule has 0 aliphatic carbocycles. The van der Waals surface area contributed by atoms with Crippen molar-refractivity contribution in [1.82, 2.24) is 20.4 Å². The quantitative estimate of drug-likeness (QED) is 0.681. The highest BCUT2D eigenvalue weighted by atomic mass is 16.5. The lowest BCUT2D eigenvalue weighted by molar-refractivity contribution is -0.121. The van der Waals surface area contributed by atoms with Crippen molar-refractivity contribution in [3.8, 4) is 11.4 Å². The number of carbonyl (C=O) groups is 1. The molecular formula is C21H23N5O2. The Morgan fingerprint density at radius 1 is 1.11 bits per heavy atom. The fourth-order valence-electron chi connectivity index (χ4n) is 3.22. The van der Waals surface area contributed by atoms with Crippen LogP contribution in [0.15, 0.2) is 53.2 Å². The van der Waals surface area contributed by atoms with Crippen molar-refractivity contribution in [3.05, 3.63) is 60.1 Å². The first-order valence-electron chi connectivity index (χ1n) is 9.62. The largest absolute Gasteiger partial charge is 0.357 e. The van der Waals surface area contributed by atoms with E-state index in [1.807, 2.05) is 48.7 Å². The van der Waals surface area contributed by atoms with Crippen LogP contribution in [0.2, 0.25) is 0 Å². The van der Waals surface area contributed by atoms with Crippen molar-refractivity contribution < 1.29 is 9.32 Å². The maximum atomic E-state index is 12.1. The summed E-state index contributed by atoms with van der Waals surface area (Å²) in [5.74, 6) is 1.96. The molecule has 7 heteroatoms. The van der Waals surface area contributed by atoms with E-state index in [2.05, 4.69) is 25.3 Å². The van der Waals surface area contributed by atoms with Gasteiger partial charge in [0.25, 0.3) is 0 Å². The Morgan fingerprint density at radius 2 is 1.93 bits per heavy atom. The van der Waals surface area contributed by atoms with Crippen LogP contribution in [0.1, 0.15) is 30.7 Å². The van der Waals surface area contributed by atoms with Gasteiger partial charge in [-0.25, -0.2) is 4.98 Å². The van der Waals surface area contributed by atoms with Crippen molar-refractivity contribution >= 4 is 11.7 Å². The van der Waals surface area contributed by atoms with E-state index in [0.29, 0.717) is 31.1 Å². The van der Waals surface area contributed by atoms with Gasteiger partial charge in [-0.05, 0) is 24.5 Å². The number of hydrogen-bond acceptors (Lipinski definition) is 6. The molecule has 1 amide bonds. The lowest BCUT2D eigenvalue weighted by Crippen LogP contribution is -2.23. The first-order chi connectivity index (χ1) is 13.8. The SMILES string of the molecule is O=C(CCc1nc(-c2ccccc2)no1)NCc1ccc(N2CCCC2)nc1. The molecule has 144 valence electrons. The molecule has 1 fully saturated rings. The van der Waals surface area contributed by atoms with Gasteiger partial charge in [-0.1, -0.05) is 41.6 Å². The van der Waals surface area contributed by atoms with Gasteiger partial charge in [0, 0.05) is 44.2 Å². The van der Waals surface area contributed by atoms with E-state index in [4.69, 9.17) is 4.52 Å². The van der Waals surface area contributed by atoms with Crippen LogP contribution in [0.3, 0.4) is 0 Å². The molecule has 0 bridgehead atoms. The molecule has 1 N–H and O–H groups in total. The third-order valence-electron chi connectivity index (χ3n) is 4.79. The van der Waals surface area contributed by atoms with Crippen LogP contribution in [0.25, 0.3) is 11.4 Å². The first kappa shape index (κ1) is 18.2. The predicted molar refractivity (Wildman–Crippen MR) is 106 cm³/mol. The monoisotopic (exact) mass is 377 g/mol. The Hall–Kier alpha value is -3.22. The molecule has 0 atom stereocenters. The van der Waals surface area contributed by atoms with Gasteiger partial charge in [0.05, 0.1) is 0 Å². The number of anilines is 1. The van der Waals surface area contributed by atoms with Crippen LogP contribution >= 0.6 is 0 Å². The smallest absolute Gasteiger partial charge is 0.227 e. The number of nitrogens with zero attached hydrogens (tertiary/aromatic N) is 4. The number of aryl methyl sites for hydroxylation is 1. The second-order valence-electron chi connectivity index (χ2n) is 6.87. The number of rotatable bonds is 7. The Kier molecular flexibility index (Phi) is 5.61. The van der Waals surface area contributed by atoms with E-state index in [1.54, 1.807) is 0 Å². The summed E-state index contributed by atoms with van der Waals surface area (Å²) in [6.07, 6.45) is 5.00. The molecule has 1 aromatic carbocycles. The third kappa shape index (κ3) is 4.54. The summed E-state index contributed by atoms with van der Waals surface area (Å²) >= 11 is 0. The minimum atomic E-state index is -0.0527. The lowest BCUT2D eigenvalue weighted by atomic mass is 10.2. The molecule has 3 aromatic rings. The van der Waals surface area contributed by atoms with Gasteiger partial charge in [-0.3, -0.25) is 4.79 Å². The maximum Gasteiger partial charge on any atom is 0.227 e. The molecule has 4 rings (SSSR count). The lowest BCUT2D eigenvalue weighted by Gasteiger charge is -2.16. The van der Waals surface area contributed by atoms with Crippen LogP contribution in [0.5, 0.6) is 0 Å². The summed E-state index contributed by atoms with van der Waals surface area (Å²) in [5, 5.41) is 6.88. The standard InChI is InChI=1S/C21H23N5O2/c27-19(10-11-20-24-21(25-28-20)17-6-2-1-3-7-17)23-15-16-8-9-18(22-14-16)26-12-4-5-13-26/h1-3,6-9,14H,4-5,10-13,15H2,(H,23,27). The van der Waals surface area contributed by atoms with Crippen molar-refractivity contribution in [2.24, 2.45) is 0 Å². The van der Waals surface area contributed by atoms with E-state index in [1.165, 1.54) is 12.8 Å². The van der Waals surface area contributed by atoms with Gasteiger partial charge in [-0.2, -0.15) is 4.98 Å². The molecule has 28 heavy (non-hydrogen) atoms. The fourth-order valence-corrected chi connectivity index (χ4v) is 3.22. The highest BCUT2D eigenvalue weighted by Crippen LogP contribution is 2.18. The highest BCUT2D eigenvalue weighted by molar-refractivity contribution is 5.76. The van der Waals surface area contributed by atoms with Crippen LogP contribution < -0.4 is 10.2 Å². The van der Waals surface area contributed by atoms with E-state index < -0.39 is 0 Å². The Labute approximate surface area is 163 Å². The zero-order valence-electron chi connectivity index (χ0n) is 15.7. The number of aromatic nitrogens is 3. The molecule has 1 aliphatic heterocycles. The number of benzene rings is 1. The topological polar surface area (TPSA) is 84.1 Å². The van der Waals surface area contributed by atoms with Gasteiger partial charge < -0.3 is 14.7 Å². The van der Waals surface area contributed by atoms with Crippen LogP contribution in [-0.2, 0) is 17.8 Å². The number of nitrogens with one attached hydrogen (secondary N) is 1. The van der Waals surface area contributed by atoms with Gasteiger partial charge in [-0.15, -0.1) is 0 Å². The second-order valence-corrected chi connectivity index (χ2v) is 6.87. The summed E-state index contributed by atoms with van der Waals surface area (Å²) in [5.41, 5.74) is 1.88. The minimum Gasteiger partial charge on any atom is -0.357 e. The molecule has 0 spiro atoms. The van der Waals surface area contributed by atoms with Gasteiger partial charge in [0.15, 0.2) is 0 Å². The summed E-state index contributed by atoms with van der Waals surface area (Å²) < 4.78 is 5.24. The van der Waals surface area contributed by atoms with Crippen molar-refractivity contribution in [2.75, 3.05) is 18.0 Å². The molecule has 3 heterocycles. The Bertz CT molecular complexity index is 902. The average molecular weight is 377 g/mol. The van der Waals surface area contributed by atoms with Crippen LogP contribution in [-0.4, -0.2) is 34.1 Å². The van der Waals surface area contributed by atoms with Crippen LogP contribution in [0.4, 0.5) is 5.82 Å². The molecule has 2 aromatic heterocycles. The predicted octanol–water partition coefficient (Wildman–Crippen LogP) is 2.98. The molecule has 1 saturated heterocycles. The first-order valence-corrected chi connectivity index (χ1v) is 9.62. The van der Waals surface area contributed by atoms with Crippen molar-refractivity contribution in [3.63, 3.8) is 0 Å². The van der Waals surface area contributed by atoms with Crippen LogP contribution in [0, 0.1) is 0 Å². The zero-order valence-corrected chi connectivity index (χ0v) is 15.7. The van der Waals surface area contributed by atoms with Gasteiger partial charge >= 0.3 is 0 Å². The average Bonchev–Trinajstić information content (AvgIpc) is 3.44. The van der Waals surface area contributed by atoms with E-state index in [9.17, 15) is 4.79 Å². The molecular weight excluding hydrogens is 354 g/mol. The minimum absolute atomic E-state index is 0.0527.